The van der Waals surface area contributed by atoms with Crippen molar-refractivity contribution in [2.24, 2.45) is 0 Å². The minimum Gasteiger partial charge on any atom is -0.346 e. The number of carbonyl (C=O) groups is 1. The van der Waals surface area contributed by atoms with Crippen molar-refractivity contribution in [1.29, 1.82) is 0 Å². The molecule has 0 aliphatic rings. The molecule has 1 rings (SSSR count). The van der Waals surface area contributed by atoms with Crippen molar-refractivity contribution < 1.29 is 13.6 Å². The minimum absolute atomic E-state index is 0.168. The molecule has 0 aliphatic carbocycles. The van der Waals surface area contributed by atoms with E-state index in [1.54, 1.807) is 0 Å². The third-order valence-electron chi connectivity index (χ3n) is 2.02. The summed E-state index contributed by atoms with van der Waals surface area (Å²) in [6.45, 7) is 4.76. The molecule has 1 aromatic carbocycles. The van der Waals surface area contributed by atoms with Crippen LogP contribution in [0, 0.1) is 11.6 Å². The third-order valence-corrected chi connectivity index (χ3v) is 2.48. The molecule has 1 atom stereocenters. The standard InChI is InChI=1S/C11H10BrF2NO/c1-3-10(16)15-6(2)11-8(13)4-7(12)5-9(11)14/h3-6H,1H2,2H3,(H,15,16)/t6-/m0/s1. The first kappa shape index (κ1) is 12.8. The van der Waals surface area contributed by atoms with E-state index in [9.17, 15) is 13.6 Å². The zero-order valence-corrected chi connectivity index (χ0v) is 10.1. The summed E-state index contributed by atoms with van der Waals surface area (Å²) in [7, 11) is 0. The molecular formula is C11H10BrF2NO. The number of hydrogen-bond donors (Lipinski definition) is 1. The summed E-state index contributed by atoms with van der Waals surface area (Å²) in [5.41, 5.74) is -0.168. The van der Waals surface area contributed by atoms with Crippen LogP contribution >= 0.6 is 15.9 Å². The topological polar surface area (TPSA) is 29.1 Å². The molecule has 0 saturated carbocycles. The molecule has 0 radical (unpaired) electrons. The van der Waals surface area contributed by atoms with Gasteiger partial charge in [-0.05, 0) is 25.1 Å². The lowest BCUT2D eigenvalue weighted by Gasteiger charge is -2.14. The van der Waals surface area contributed by atoms with E-state index in [0.29, 0.717) is 4.47 Å². The molecule has 0 saturated heterocycles. The van der Waals surface area contributed by atoms with Gasteiger partial charge in [-0.15, -0.1) is 0 Å². The maximum Gasteiger partial charge on any atom is 0.243 e. The lowest BCUT2D eigenvalue weighted by molar-refractivity contribution is -0.117. The quantitative estimate of drug-likeness (QED) is 0.852. The van der Waals surface area contributed by atoms with Gasteiger partial charge in [0.05, 0.1) is 6.04 Å². The second-order valence-electron chi connectivity index (χ2n) is 3.22. The van der Waals surface area contributed by atoms with Crippen LogP contribution in [0.15, 0.2) is 29.3 Å². The Morgan fingerprint density at radius 2 is 2.00 bits per heavy atom. The molecule has 0 bridgehead atoms. The SMILES string of the molecule is C=CC(=O)N[C@@H](C)c1c(F)cc(Br)cc1F. The van der Waals surface area contributed by atoms with Crippen molar-refractivity contribution in [1.82, 2.24) is 5.32 Å². The highest BCUT2D eigenvalue weighted by atomic mass is 79.9. The molecule has 0 heterocycles. The highest BCUT2D eigenvalue weighted by Crippen LogP contribution is 2.24. The van der Waals surface area contributed by atoms with Gasteiger partial charge in [-0.1, -0.05) is 22.5 Å². The number of hydrogen-bond acceptors (Lipinski definition) is 1. The smallest absolute Gasteiger partial charge is 0.243 e. The van der Waals surface area contributed by atoms with Crippen molar-refractivity contribution in [2.75, 3.05) is 0 Å². The largest absolute Gasteiger partial charge is 0.346 e. The number of benzene rings is 1. The van der Waals surface area contributed by atoms with E-state index in [2.05, 4.69) is 27.8 Å². The zero-order valence-electron chi connectivity index (χ0n) is 8.56. The summed E-state index contributed by atoms with van der Waals surface area (Å²) in [5.74, 6) is -1.89. The molecule has 5 heteroatoms. The second-order valence-corrected chi connectivity index (χ2v) is 4.13. The number of nitrogens with one attached hydrogen (secondary N) is 1. The van der Waals surface area contributed by atoms with Gasteiger partial charge in [0.1, 0.15) is 11.6 Å². The van der Waals surface area contributed by atoms with E-state index < -0.39 is 23.6 Å². The normalized spacial score (nSPS) is 12.0. The Hall–Kier alpha value is -1.23. The first-order valence-electron chi connectivity index (χ1n) is 4.53. The van der Waals surface area contributed by atoms with Gasteiger partial charge in [0.25, 0.3) is 0 Å². The number of carbonyl (C=O) groups excluding carboxylic acids is 1. The van der Waals surface area contributed by atoms with Crippen LogP contribution in [0.25, 0.3) is 0 Å². The van der Waals surface area contributed by atoms with Crippen molar-refractivity contribution in [2.45, 2.75) is 13.0 Å². The van der Waals surface area contributed by atoms with Gasteiger partial charge >= 0.3 is 0 Å². The third kappa shape index (κ3) is 2.88. The molecule has 16 heavy (non-hydrogen) atoms. The summed E-state index contributed by atoms with van der Waals surface area (Å²) < 4.78 is 27.3. The van der Waals surface area contributed by atoms with Crippen LogP contribution in [0.3, 0.4) is 0 Å². The maximum atomic E-state index is 13.5. The summed E-state index contributed by atoms with van der Waals surface area (Å²) in [6, 6.07) is 1.54. The fourth-order valence-electron chi connectivity index (χ4n) is 1.31. The van der Waals surface area contributed by atoms with Crippen LogP contribution in [0.4, 0.5) is 8.78 Å². The zero-order chi connectivity index (χ0) is 12.3. The molecule has 0 fully saturated rings. The van der Waals surface area contributed by atoms with Crippen molar-refractivity contribution in [3.63, 3.8) is 0 Å². The van der Waals surface area contributed by atoms with Crippen molar-refractivity contribution >= 4 is 21.8 Å². The second kappa shape index (κ2) is 5.21. The Labute approximate surface area is 100 Å². The molecular weight excluding hydrogens is 280 g/mol. The van der Waals surface area contributed by atoms with E-state index in [1.807, 2.05) is 0 Å². The predicted octanol–water partition coefficient (Wildman–Crippen LogP) is 3.09. The Kier molecular flexibility index (Phi) is 4.18. The molecule has 0 spiro atoms. The first-order chi connectivity index (χ1) is 7.45. The van der Waals surface area contributed by atoms with Gasteiger partial charge in [0, 0.05) is 10.0 Å². The molecule has 0 unspecified atom stereocenters. The van der Waals surface area contributed by atoms with Crippen LogP contribution < -0.4 is 5.32 Å². The van der Waals surface area contributed by atoms with Gasteiger partial charge in [0.15, 0.2) is 0 Å². The lowest BCUT2D eigenvalue weighted by atomic mass is 10.1. The lowest BCUT2D eigenvalue weighted by Crippen LogP contribution is -2.26. The van der Waals surface area contributed by atoms with Crippen LogP contribution in [0.5, 0.6) is 0 Å². The van der Waals surface area contributed by atoms with E-state index in [1.165, 1.54) is 6.92 Å². The van der Waals surface area contributed by atoms with Gasteiger partial charge in [0.2, 0.25) is 5.91 Å². The highest BCUT2D eigenvalue weighted by Gasteiger charge is 2.17. The molecule has 1 N–H and O–H groups in total. The Morgan fingerprint density at radius 1 is 1.50 bits per heavy atom. The maximum absolute atomic E-state index is 13.5. The fourth-order valence-corrected chi connectivity index (χ4v) is 1.71. The molecule has 0 aromatic heterocycles. The van der Waals surface area contributed by atoms with Crippen molar-refractivity contribution in [3.8, 4) is 0 Å². The summed E-state index contributed by atoms with van der Waals surface area (Å²) >= 11 is 2.98. The van der Waals surface area contributed by atoms with Crippen LogP contribution in [0.2, 0.25) is 0 Å². The minimum atomic E-state index is -0.751. The van der Waals surface area contributed by atoms with Gasteiger partial charge in [-0.25, -0.2) is 8.78 Å². The molecule has 86 valence electrons. The Balaban J connectivity index is 3.03. The van der Waals surface area contributed by atoms with Crippen LogP contribution in [0.1, 0.15) is 18.5 Å². The van der Waals surface area contributed by atoms with Gasteiger partial charge in [-0.2, -0.15) is 0 Å². The van der Waals surface area contributed by atoms with E-state index in [0.717, 1.165) is 18.2 Å². The van der Waals surface area contributed by atoms with E-state index in [4.69, 9.17) is 0 Å². The Bertz CT molecular complexity index is 411. The van der Waals surface area contributed by atoms with Gasteiger partial charge in [-0.3, -0.25) is 4.79 Å². The van der Waals surface area contributed by atoms with Crippen LogP contribution in [-0.4, -0.2) is 5.91 Å². The molecule has 1 aromatic rings. The number of amides is 1. The molecule has 1 amide bonds. The first-order valence-corrected chi connectivity index (χ1v) is 5.32. The average molecular weight is 290 g/mol. The van der Waals surface area contributed by atoms with E-state index >= 15 is 0 Å². The molecule has 0 aliphatic heterocycles. The number of rotatable bonds is 3. The summed E-state index contributed by atoms with van der Waals surface area (Å²) in [5, 5.41) is 2.39. The van der Waals surface area contributed by atoms with Gasteiger partial charge < -0.3 is 5.32 Å². The summed E-state index contributed by atoms with van der Waals surface area (Å²) in [4.78, 5) is 11.0. The Morgan fingerprint density at radius 3 is 2.44 bits per heavy atom. The molecule has 2 nitrogen and oxygen atoms in total. The fraction of sp³-hybridized carbons (Fsp3) is 0.182. The number of halogens is 3. The van der Waals surface area contributed by atoms with E-state index in [-0.39, 0.29) is 5.56 Å². The predicted molar refractivity (Wildman–Crippen MR) is 60.8 cm³/mol. The monoisotopic (exact) mass is 289 g/mol. The van der Waals surface area contributed by atoms with Crippen molar-refractivity contribution in [3.05, 3.63) is 46.5 Å². The van der Waals surface area contributed by atoms with Crippen LogP contribution in [-0.2, 0) is 4.79 Å². The highest BCUT2D eigenvalue weighted by molar-refractivity contribution is 9.10. The summed E-state index contributed by atoms with van der Waals surface area (Å²) in [6.07, 6.45) is 1.05. The average Bonchev–Trinajstić information content (AvgIpc) is 2.15.